The lowest BCUT2D eigenvalue weighted by Crippen LogP contribution is -2.00. The first-order valence-corrected chi connectivity index (χ1v) is 6.63. The molecule has 0 spiro atoms. The van der Waals surface area contributed by atoms with Crippen LogP contribution < -0.4 is 5.32 Å². The van der Waals surface area contributed by atoms with Crippen molar-refractivity contribution in [3.05, 3.63) is 84.7 Å². The van der Waals surface area contributed by atoms with Crippen LogP contribution in [0, 0.1) is 0 Å². The van der Waals surface area contributed by atoms with Crippen LogP contribution in [0.3, 0.4) is 0 Å². The zero-order valence-corrected chi connectivity index (χ0v) is 11.8. The van der Waals surface area contributed by atoms with Crippen LogP contribution >= 0.6 is 0 Å². The van der Waals surface area contributed by atoms with E-state index in [-0.39, 0.29) is 5.97 Å². The Labute approximate surface area is 124 Å². The smallest absolute Gasteiger partial charge is 0.337 e. The lowest BCUT2D eigenvalue weighted by molar-refractivity contribution is 0.0601. The highest BCUT2D eigenvalue weighted by atomic mass is 16.5. The van der Waals surface area contributed by atoms with Gasteiger partial charge in [-0.05, 0) is 35.1 Å². The number of hydrogen-bond donors (Lipinski definition) is 1. The second-order valence-corrected chi connectivity index (χ2v) is 4.32. The third-order valence-corrected chi connectivity index (χ3v) is 2.89. The average Bonchev–Trinajstić information content (AvgIpc) is 2.87. The van der Waals surface area contributed by atoms with Crippen LogP contribution in [0.15, 0.2) is 79.2 Å². The number of esters is 1. The molecule has 1 aliphatic heterocycles. The number of nitrogens with one attached hydrogen (secondary N) is 1. The van der Waals surface area contributed by atoms with Gasteiger partial charge in [-0.1, -0.05) is 42.5 Å². The molecule has 0 atom stereocenters. The molecule has 21 heavy (non-hydrogen) atoms. The van der Waals surface area contributed by atoms with Crippen molar-refractivity contribution in [2.24, 2.45) is 0 Å². The average molecular weight is 279 g/mol. The maximum absolute atomic E-state index is 11.2. The summed E-state index contributed by atoms with van der Waals surface area (Å²) in [6.07, 6.45) is 11.6. The Morgan fingerprint density at radius 1 is 0.905 bits per heavy atom. The molecule has 0 bridgehead atoms. The molecule has 0 radical (unpaired) electrons. The van der Waals surface area contributed by atoms with Gasteiger partial charge in [-0.3, -0.25) is 0 Å². The number of rotatable bonds is 1. The van der Waals surface area contributed by atoms with E-state index in [2.05, 4.69) is 10.1 Å². The van der Waals surface area contributed by atoms with Gasteiger partial charge in [0.25, 0.3) is 0 Å². The van der Waals surface area contributed by atoms with Gasteiger partial charge in [0.1, 0.15) is 0 Å². The quantitative estimate of drug-likeness (QED) is 0.807. The first kappa shape index (κ1) is 14.6. The van der Waals surface area contributed by atoms with Gasteiger partial charge >= 0.3 is 5.97 Å². The van der Waals surface area contributed by atoms with E-state index in [1.807, 2.05) is 73.1 Å². The minimum absolute atomic E-state index is 0.296. The molecular formula is C18H17NO2. The van der Waals surface area contributed by atoms with Crippen molar-refractivity contribution >= 4 is 16.7 Å². The molecule has 0 saturated heterocycles. The third-order valence-electron chi connectivity index (χ3n) is 2.89. The van der Waals surface area contributed by atoms with Crippen LogP contribution in [-0.2, 0) is 4.74 Å². The lowest BCUT2D eigenvalue weighted by Gasteiger charge is -2.01. The van der Waals surface area contributed by atoms with Crippen LogP contribution in [0.4, 0.5) is 0 Å². The van der Waals surface area contributed by atoms with E-state index in [0.717, 1.165) is 10.8 Å². The van der Waals surface area contributed by atoms with Crippen LogP contribution in [0.5, 0.6) is 0 Å². The van der Waals surface area contributed by atoms with Crippen LogP contribution in [0.1, 0.15) is 10.4 Å². The number of allylic oxidation sites excluding steroid dienone is 4. The molecule has 0 aliphatic carbocycles. The van der Waals surface area contributed by atoms with Gasteiger partial charge in [-0.25, -0.2) is 4.79 Å². The van der Waals surface area contributed by atoms with E-state index in [1.54, 1.807) is 6.07 Å². The third kappa shape index (κ3) is 4.35. The molecule has 0 unspecified atom stereocenters. The van der Waals surface area contributed by atoms with Gasteiger partial charge in [0.15, 0.2) is 0 Å². The van der Waals surface area contributed by atoms with Gasteiger partial charge in [-0.2, -0.15) is 0 Å². The number of carbonyl (C=O) groups is 1. The topological polar surface area (TPSA) is 38.3 Å². The summed E-state index contributed by atoms with van der Waals surface area (Å²) >= 11 is 0. The number of ether oxygens (including phenoxy) is 1. The summed E-state index contributed by atoms with van der Waals surface area (Å²) in [5.41, 5.74) is 0.589. The molecule has 106 valence electrons. The van der Waals surface area contributed by atoms with Crippen molar-refractivity contribution in [2.45, 2.75) is 0 Å². The molecule has 3 rings (SSSR count). The van der Waals surface area contributed by atoms with Crippen molar-refractivity contribution < 1.29 is 9.53 Å². The molecule has 1 aliphatic rings. The normalized spacial score (nSPS) is 12.0. The van der Waals surface area contributed by atoms with Gasteiger partial charge in [0.05, 0.1) is 12.7 Å². The molecule has 1 N–H and O–H groups in total. The van der Waals surface area contributed by atoms with Crippen LogP contribution in [-0.4, -0.2) is 13.1 Å². The van der Waals surface area contributed by atoms with Crippen molar-refractivity contribution in [2.75, 3.05) is 7.11 Å². The van der Waals surface area contributed by atoms with E-state index < -0.39 is 0 Å². The van der Waals surface area contributed by atoms with Crippen molar-refractivity contribution in [1.29, 1.82) is 0 Å². The Hall–Kier alpha value is -2.81. The minimum Gasteiger partial charge on any atom is -0.465 e. The Morgan fingerprint density at radius 2 is 1.57 bits per heavy atom. The summed E-state index contributed by atoms with van der Waals surface area (Å²) in [5, 5.41) is 5.10. The first-order valence-electron chi connectivity index (χ1n) is 6.63. The van der Waals surface area contributed by atoms with Crippen molar-refractivity contribution in [3.63, 3.8) is 0 Å². The van der Waals surface area contributed by atoms with Crippen molar-refractivity contribution in [1.82, 2.24) is 5.32 Å². The standard InChI is InChI=1S/C12H10O2.C6H7N/c1-14-12(13)11-7-6-9-4-2-3-5-10(9)8-11;1-2-4-6-7-5-3-1/h2-8H,1H3;1-7H. The Morgan fingerprint density at radius 3 is 2.24 bits per heavy atom. The predicted octanol–water partition coefficient (Wildman–Crippen LogP) is 3.80. The zero-order valence-electron chi connectivity index (χ0n) is 11.8. The van der Waals surface area contributed by atoms with E-state index in [4.69, 9.17) is 0 Å². The molecule has 2 aromatic rings. The first-order chi connectivity index (χ1) is 10.3. The second kappa shape index (κ2) is 7.70. The Bertz CT molecular complexity index is 685. The number of fused-ring (bicyclic) bond motifs is 1. The van der Waals surface area contributed by atoms with Crippen LogP contribution in [0.2, 0.25) is 0 Å². The Kier molecular flexibility index (Phi) is 5.35. The maximum atomic E-state index is 11.2. The monoisotopic (exact) mass is 279 g/mol. The van der Waals surface area contributed by atoms with Gasteiger partial charge in [-0.15, -0.1) is 0 Å². The summed E-state index contributed by atoms with van der Waals surface area (Å²) in [5.74, 6) is -0.296. The molecule has 0 amide bonds. The molecule has 3 heteroatoms. The van der Waals surface area contributed by atoms with Gasteiger partial charge in [0, 0.05) is 12.4 Å². The molecular weight excluding hydrogens is 262 g/mol. The summed E-state index contributed by atoms with van der Waals surface area (Å²) < 4.78 is 4.65. The molecule has 0 fully saturated rings. The summed E-state index contributed by atoms with van der Waals surface area (Å²) in [7, 11) is 1.39. The number of hydrogen-bond acceptors (Lipinski definition) is 3. The van der Waals surface area contributed by atoms with E-state index in [9.17, 15) is 4.79 Å². The number of methoxy groups -OCH3 is 1. The second-order valence-electron chi connectivity index (χ2n) is 4.32. The fourth-order valence-corrected chi connectivity index (χ4v) is 1.84. The van der Waals surface area contributed by atoms with Crippen molar-refractivity contribution in [3.8, 4) is 0 Å². The summed E-state index contributed by atoms with van der Waals surface area (Å²) in [4.78, 5) is 11.2. The number of benzene rings is 2. The molecule has 0 aromatic heterocycles. The van der Waals surface area contributed by atoms with E-state index in [1.165, 1.54) is 7.11 Å². The summed E-state index contributed by atoms with van der Waals surface area (Å²) in [6, 6.07) is 13.4. The van der Waals surface area contributed by atoms with E-state index in [0.29, 0.717) is 5.56 Å². The SMILES string of the molecule is C1=CC=CNC=C1.COC(=O)c1ccc2ccccc2c1. The highest BCUT2D eigenvalue weighted by molar-refractivity contribution is 5.95. The largest absolute Gasteiger partial charge is 0.465 e. The van der Waals surface area contributed by atoms with Gasteiger partial charge in [0.2, 0.25) is 0 Å². The summed E-state index contributed by atoms with van der Waals surface area (Å²) in [6.45, 7) is 0. The van der Waals surface area contributed by atoms with Gasteiger partial charge < -0.3 is 10.1 Å². The molecule has 0 saturated carbocycles. The molecule has 1 heterocycles. The van der Waals surface area contributed by atoms with E-state index >= 15 is 0 Å². The Balaban J connectivity index is 0.000000194. The zero-order chi connectivity index (χ0) is 14.9. The fraction of sp³-hybridized carbons (Fsp3) is 0.0556. The highest BCUT2D eigenvalue weighted by Gasteiger charge is 2.04. The maximum Gasteiger partial charge on any atom is 0.337 e. The number of carbonyl (C=O) groups excluding carboxylic acids is 1. The highest BCUT2D eigenvalue weighted by Crippen LogP contribution is 2.15. The molecule has 2 aromatic carbocycles. The lowest BCUT2D eigenvalue weighted by atomic mass is 10.1. The predicted molar refractivity (Wildman–Crippen MR) is 85.8 cm³/mol. The minimum atomic E-state index is -0.296. The van der Waals surface area contributed by atoms with Crippen LogP contribution in [0.25, 0.3) is 10.8 Å². The molecule has 3 nitrogen and oxygen atoms in total. The fourth-order valence-electron chi connectivity index (χ4n) is 1.84.